The highest BCUT2D eigenvalue weighted by atomic mass is 32.2. The molecular weight excluding hydrogens is 436 g/mol. The summed E-state index contributed by atoms with van der Waals surface area (Å²) in [5.41, 5.74) is 9.23. The van der Waals surface area contributed by atoms with Crippen molar-refractivity contribution >= 4 is 28.5 Å². The highest BCUT2D eigenvalue weighted by Gasteiger charge is 2.49. The third-order valence-corrected chi connectivity index (χ3v) is 6.37. The topological polar surface area (TPSA) is 92.3 Å². The van der Waals surface area contributed by atoms with Gasteiger partial charge in [0.2, 0.25) is 0 Å². The molecule has 3 N–H and O–H groups in total. The fourth-order valence-corrected chi connectivity index (χ4v) is 4.64. The van der Waals surface area contributed by atoms with Gasteiger partial charge in [0, 0.05) is 25.6 Å². The molecule has 0 spiro atoms. The molecule has 2 atom stereocenters. The highest BCUT2D eigenvalue weighted by Crippen LogP contribution is 2.50. The summed E-state index contributed by atoms with van der Waals surface area (Å²) in [5.74, 6) is -1.28. The smallest absolute Gasteiger partial charge is 0.273 e. The molecule has 0 bridgehead atoms. The van der Waals surface area contributed by atoms with E-state index in [1.54, 1.807) is 13.8 Å². The number of carbonyl (C=O) groups is 1. The standard InChI is InChI=1S/C22H25F2N5O2S/c1-14(31-3)21(30)29-22(11-12-26-27-15(2)25,16-7-5-4-6-8-16)32-20(28-29)18-13-17(23)9-10-19(18)24/h4-10,13-14,26H,11-12H2,1-3H3,(H2,25,27)/t14-,22?/m0/s1. The molecule has 10 heteroatoms. The lowest BCUT2D eigenvalue weighted by atomic mass is 10.0. The van der Waals surface area contributed by atoms with Gasteiger partial charge in [0.05, 0.1) is 0 Å². The number of benzene rings is 2. The van der Waals surface area contributed by atoms with Gasteiger partial charge in [-0.2, -0.15) is 10.2 Å². The molecule has 1 amide bonds. The first kappa shape index (κ1) is 23.7. The molecule has 0 radical (unpaired) electrons. The highest BCUT2D eigenvalue weighted by molar-refractivity contribution is 8.15. The van der Waals surface area contributed by atoms with Gasteiger partial charge in [-0.3, -0.25) is 4.79 Å². The molecule has 3 rings (SSSR count). The first-order chi connectivity index (χ1) is 15.3. The predicted molar refractivity (Wildman–Crippen MR) is 122 cm³/mol. The molecule has 2 aromatic rings. The Balaban J connectivity index is 2.10. The molecule has 1 aliphatic rings. The number of halogens is 2. The Bertz CT molecular complexity index is 1030. The summed E-state index contributed by atoms with van der Waals surface area (Å²) in [5, 5.41) is 9.96. The van der Waals surface area contributed by atoms with E-state index >= 15 is 0 Å². The maximum Gasteiger partial charge on any atom is 0.273 e. The summed E-state index contributed by atoms with van der Waals surface area (Å²) in [6, 6.07) is 12.4. The average Bonchev–Trinajstić information content (AvgIpc) is 3.18. The maximum atomic E-state index is 14.6. The van der Waals surface area contributed by atoms with E-state index in [1.807, 2.05) is 30.3 Å². The minimum Gasteiger partial charge on any atom is -0.386 e. The van der Waals surface area contributed by atoms with Gasteiger partial charge >= 0.3 is 0 Å². The van der Waals surface area contributed by atoms with E-state index in [1.165, 1.54) is 23.9 Å². The quantitative estimate of drug-likeness (QED) is 0.272. The summed E-state index contributed by atoms with van der Waals surface area (Å²) >= 11 is 1.18. The number of carbonyl (C=O) groups excluding carboxylic acids is 1. The second-order valence-corrected chi connectivity index (χ2v) is 8.49. The second-order valence-electron chi connectivity index (χ2n) is 7.22. The Morgan fingerprint density at radius 1 is 1.31 bits per heavy atom. The van der Waals surface area contributed by atoms with Crippen molar-refractivity contribution in [1.29, 1.82) is 0 Å². The minimum absolute atomic E-state index is 0.0144. The predicted octanol–water partition coefficient (Wildman–Crippen LogP) is 3.36. The number of hydrazone groups is 2. The van der Waals surface area contributed by atoms with Gasteiger partial charge in [0.1, 0.15) is 33.5 Å². The van der Waals surface area contributed by atoms with Crippen LogP contribution in [0.1, 0.15) is 31.4 Å². The van der Waals surface area contributed by atoms with Crippen LogP contribution < -0.4 is 11.2 Å². The van der Waals surface area contributed by atoms with Gasteiger partial charge in [-0.25, -0.2) is 13.8 Å². The normalized spacial score (nSPS) is 19.6. The number of ether oxygens (including phenoxy) is 1. The van der Waals surface area contributed by atoms with Crippen molar-refractivity contribution in [3.63, 3.8) is 0 Å². The van der Waals surface area contributed by atoms with Crippen molar-refractivity contribution in [2.75, 3.05) is 13.7 Å². The van der Waals surface area contributed by atoms with Crippen LogP contribution in [0.25, 0.3) is 0 Å². The largest absolute Gasteiger partial charge is 0.386 e. The zero-order chi connectivity index (χ0) is 23.3. The number of thioether (sulfide) groups is 1. The van der Waals surface area contributed by atoms with Gasteiger partial charge < -0.3 is 15.9 Å². The SMILES string of the molecule is CO[C@@H](C)C(=O)N1N=C(c2cc(F)ccc2F)SC1(CCNN=C(C)N)c1ccccc1. The molecule has 7 nitrogen and oxygen atoms in total. The number of hydrogen-bond donors (Lipinski definition) is 2. The fourth-order valence-electron chi connectivity index (χ4n) is 3.25. The number of methoxy groups -OCH3 is 1. The lowest BCUT2D eigenvalue weighted by molar-refractivity contribution is -0.144. The number of amides is 1. The fraction of sp³-hybridized carbons (Fsp3) is 0.318. The van der Waals surface area contributed by atoms with E-state index in [0.717, 1.165) is 23.8 Å². The number of nitrogens with zero attached hydrogens (tertiary/aromatic N) is 3. The summed E-state index contributed by atoms with van der Waals surface area (Å²) < 4.78 is 33.7. The average molecular weight is 462 g/mol. The van der Waals surface area contributed by atoms with Crippen molar-refractivity contribution in [3.05, 3.63) is 71.3 Å². The zero-order valence-electron chi connectivity index (χ0n) is 18.0. The Morgan fingerprint density at radius 3 is 2.69 bits per heavy atom. The Hall–Kier alpha value is -2.98. The Morgan fingerprint density at radius 2 is 2.03 bits per heavy atom. The third-order valence-electron chi connectivity index (χ3n) is 4.92. The lowest BCUT2D eigenvalue weighted by Gasteiger charge is -2.36. The Labute approximate surface area is 189 Å². The summed E-state index contributed by atoms with van der Waals surface area (Å²) in [6.45, 7) is 3.60. The summed E-state index contributed by atoms with van der Waals surface area (Å²) in [4.78, 5) is 12.2. The molecule has 0 aliphatic carbocycles. The molecule has 0 saturated heterocycles. The molecule has 170 valence electrons. The molecule has 1 unspecified atom stereocenters. The first-order valence-corrected chi connectivity index (χ1v) is 10.8. The number of nitrogens with one attached hydrogen (secondary N) is 1. The minimum atomic E-state index is -1.04. The van der Waals surface area contributed by atoms with E-state index < -0.39 is 28.5 Å². The van der Waals surface area contributed by atoms with Crippen LogP contribution >= 0.6 is 11.8 Å². The van der Waals surface area contributed by atoms with Crippen LogP contribution in [0, 0.1) is 11.6 Å². The molecular formula is C22H25F2N5O2S. The first-order valence-electron chi connectivity index (χ1n) is 9.96. The van der Waals surface area contributed by atoms with Gasteiger partial charge in [-0.15, -0.1) is 0 Å². The van der Waals surface area contributed by atoms with E-state index in [-0.39, 0.29) is 10.6 Å². The zero-order valence-corrected chi connectivity index (χ0v) is 18.8. The van der Waals surface area contributed by atoms with E-state index in [4.69, 9.17) is 10.5 Å². The van der Waals surface area contributed by atoms with Crippen LogP contribution in [0.2, 0.25) is 0 Å². The van der Waals surface area contributed by atoms with Crippen molar-refractivity contribution in [2.45, 2.75) is 31.2 Å². The van der Waals surface area contributed by atoms with Crippen LogP contribution in [0.3, 0.4) is 0 Å². The number of rotatable bonds is 8. The molecule has 1 heterocycles. The van der Waals surface area contributed by atoms with Crippen LogP contribution in [-0.4, -0.2) is 41.6 Å². The van der Waals surface area contributed by atoms with Crippen molar-refractivity contribution in [1.82, 2.24) is 10.4 Å². The van der Waals surface area contributed by atoms with E-state index in [9.17, 15) is 13.6 Å². The van der Waals surface area contributed by atoms with Crippen LogP contribution in [0.4, 0.5) is 8.78 Å². The molecule has 2 aromatic carbocycles. The van der Waals surface area contributed by atoms with Gasteiger partial charge in [-0.1, -0.05) is 42.1 Å². The second kappa shape index (κ2) is 10.1. The molecule has 32 heavy (non-hydrogen) atoms. The molecule has 0 fully saturated rings. The lowest BCUT2D eigenvalue weighted by Crippen LogP contribution is -2.46. The van der Waals surface area contributed by atoms with Crippen molar-refractivity contribution in [3.8, 4) is 0 Å². The maximum absolute atomic E-state index is 14.6. The van der Waals surface area contributed by atoms with Crippen LogP contribution in [-0.2, 0) is 14.4 Å². The molecule has 0 aromatic heterocycles. The van der Waals surface area contributed by atoms with Gasteiger partial charge in [0.15, 0.2) is 0 Å². The monoisotopic (exact) mass is 461 g/mol. The van der Waals surface area contributed by atoms with Crippen molar-refractivity contribution in [2.24, 2.45) is 15.9 Å². The summed E-state index contributed by atoms with van der Waals surface area (Å²) in [7, 11) is 1.42. The van der Waals surface area contributed by atoms with E-state index in [0.29, 0.717) is 18.8 Å². The number of nitrogens with two attached hydrogens (primary N) is 1. The van der Waals surface area contributed by atoms with Gasteiger partial charge in [-0.05, 0) is 37.6 Å². The molecule has 0 saturated carbocycles. The number of amidine groups is 1. The number of hydrogen-bond acceptors (Lipinski definition) is 6. The summed E-state index contributed by atoms with van der Waals surface area (Å²) in [6.07, 6.45) is -0.443. The van der Waals surface area contributed by atoms with Gasteiger partial charge in [0.25, 0.3) is 5.91 Å². The van der Waals surface area contributed by atoms with E-state index in [2.05, 4.69) is 15.6 Å². The van der Waals surface area contributed by atoms with Crippen molar-refractivity contribution < 1.29 is 18.3 Å². The molecule has 1 aliphatic heterocycles. The van der Waals surface area contributed by atoms with Crippen LogP contribution in [0.15, 0.2) is 58.7 Å². The Kier molecular flexibility index (Phi) is 7.47. The van der Waals surface area contributed by atoms with Crippen LogP contribution in [0.5, 0.6) is 0 Å². The third kappa shape index (κ3) is 4.91.